The van der Waals surface area contributed by atoms with Crippen LogP contribution in [-0.4, -0.2) is 104 Å². The molecule has 5 unspecified atom stereocenters. The first-order valence-electron chi connectivity index (χ1n) is 14.8. The van der Waals surface area contributed by atoms with Gasteiger partial charge in [0.2, 0.25) is 5.91 Å². The Labute approximate surface area is 230 Å². The fourth-order valence-corrected chi connectivity index (χ4v) is 6.39. The molecule has 39 heavy (non-hydrogen) atoms. The van der Waals surface area contributed by atoms with Gasteiger partial charge in [0.05, 0.1) is 25.4 Å². The van der Waals surface area contributed by atoms with Crippen LogP contribution in [-0.2, 0) is 14.3 Å². The summed E-state index contributed by atoms with van der Waals surface area (Å²) in [7, 11) is 0. The highest BCUT2D eigenvalue weighted by atomic mass is 19.1. The third kappa shape index (κ3) is 8.78. The van der Waals surface area contributed by atoms with Gasteiger partial charge in [-0.3, -0.25) is 4.79 Å². The summed E-state index contributed by atoms with van der Waals surface area (Å²) in [6.07, 6.45) is 2.75. The van der Waals surface area contributed by atoms with Crippen LogP contribution in [0.4, 0.5) is 4.39 Å². The number of amides is 1. The molecule has 0 aromatic heterocycles. The molecular weight excluding hydrogens is 513 g/mol. The summed E-state index contributed by atoms with van der Waals surface area (Å²) < 4.78 is 24.4. The van der Waals surface area contributed by atoms with Gasteiger partial charge in [-0.25, -0.2) is 4.39 Å². The van der Waals surface area contributed by atoms with E-state index < -0.39 is 61.2 Å². The smallest absolute Gasteiger partial charge is 0.220 e. The van der Waals surface area contributed by atoms with Gasteiger partial charge in [-0.05, 0) is 43.9 Å². The van der Waals surface area contributed by atoms with Gasteiger partial charge < -0.3 is 45.4 Å². The summed E-state index contributed by atoms with van der Waals surface area (Å²) in [5.74, 6) is -0.302. The fourth-order valence-electron chi connectivity index (χ4n) is 6.39. The van der Waals surface area contributed by atoms with Crippen LogP contribution in [0.3, 0.4) is 0 Å². The van der Waals surface area contributed by atoms with Crippen molar-refractivity contribution in [3.63, 3.8) is 0 Å². The van der Waals surface area contributed by atoms with E-state index in [0.717, 1.165) is 44.9 Å². The standard InChI is InChI=1S/C28H50FNO9/c1-2-19(32)22(34)18(14-38-26-25(37)24(36)23(35)20(13-31)39-26)30-21(33)11-9-7-5-3-4-6-8-10-12-27-15-28(29,16-27)17-27/h18-20,22-26,31-32,34-37H,2-17H2,1H3,(H,30,33)/t18-,19+,20?,22-,23?,24?,25?,26?,27?,28?/m0/s1. The van der Waals surface area contributed by atoms with E-state index in [1.807, 2.05) is 0 Å². The fraction of sp³-hybridized carbons (Fsp3) is 0.964. The van der Waals surface area contributed by atoms with Gasteiger partial charge in [0.1, 0.15) is 36.2 Å². The lowest BCUT2D eigenvalue weighted by atomic mass is 9.41. The molecule has 4 rings (SSSR count). The first kappa shape index (κ1) is 32.6. The monoisotopic (exact) mass is 563 g/mol. The van der Waals surface area contributed by atoms with E-state index in [2.05, 4.69) is 5.32 Å². The first-order chi connectivity index (χ1) is 18.5. The van der Waals surface area contributed by atoms with Crippen LogP contribution in [0.1, 0.15) is 96.8 Å². The Balaban J connectivity index is 1.29. The van der Waals surface area contributed by atoms with Crippen molar-refractivity contribution >= 4 is 5.91 Å². The molecule has 1 aliphatic heterocycles. The normalized spacial score (nSPS) is 35.9. The van der Waals surface area contributed by atoms with Crippen molar-refractivity contribution in [1.82, 2.24) is 5.32 Å². The lowest BCUT2D eigenvalue weighted by Gasteiger charge is -2.66. The maximum absolute atomic E-state index is 13.6. The Kier molecular flexibility index (Phi) is 12.4. The number of halogens is 1. The molecule has 1 heterocycles. The largest absolute Gasteiger partial charge is 0.394 e. The predicted octanol–water partition coefficient (Wildman–Crippen LogP) is 1.21. The second-order valence-corrected chi connectivity index (χ2v) is 12.2. The van der Waals surface area contributed by atoms with Crippen molar-refractivity contribution in [2.75, 3.05) is 13.2 Å². The van der Waals surface area contributed by atoms with Crippen molar-refractivity contribution in [2.24, 2.45) is 5.41 Å². The van der Waals surface area contributed by atoms with Gasteiger partial charge in [-0.1, -0.05) is 51.9 Å². The van der Waals surface area contributed by atoms with Crippen LogP contribution in [0.15, 0.2) is 0 Å². The van der Waals surface area contributed by atoms with Crippen LogP contribution in [0, 0.1) is 5.41 Å². The van der Waals surface area contributed by atoms with E-state index in [1.165, 1.54) is 25.7 Å². The number of nitrogens with one attached hydrogen (secondary N) is 1. The van der Waals surface area contributed by atoms with Crippen LogP contribution in [0.2, 0.25) is 0 Å². The minimum Gasteiger partial charge on any atom is -0.394 e. The number of hydrogen-bond donors (Lipinski definition) is 7. The van der Waals surface area contributed by atoms with Crippen molar-refractivity contribution in [1.29, 1.82) is 0 Å². The molecular formula is C28H50FNO9. The molecule has 4 fully saturated rings. The summed E-state index contributed by atoms with van der Waals surface area (Å²) in [4.78, 5) is 12.5. The Morgan fingerprint density at radius 3 is 2.13 bits per heavy atom. The molecule has 2 bridgehead atoms. The van der Waals surface area contributed by atoms with Crippen LogP contribution in [0.25, 0.3) is 0 Å². The molecule has 11 heteroatoms. The van der Waals surface area contributed by atoms with E-state index >= 15 is 0 Å². The Bertz CT molecular complexity index is 737. The summed E-state index contributed by atoms with van der Waals surface area (Å²) in [6, 6.07) is -0.999. The number of aliphatic hydroxyl groups excluding tert-OH is 6. The van der Waals surface area contributed by atoms with E-state index in [-0.39, 0.29) is 25.4 Å². The van der Waals surface area contributed by atoms with Gasteiger partial charge in [-0.15, -0.1) is 0 Å². The molecule has 3 aliphatic carbocycles. The molecule has 7 N–H and O–H groups in total. The number of aliphatic hydroxyl groups is 6. The van der Waals surface area contributed by atoms with E-state index in [4.69, 9.17) is 9.47 Å². The van der Waals surface area contributed by atoms with Crippen molar-refractivity contribution in [3.8, 4) is 0 Å². The summed E-state index contributed by atoms with van der Waals surface area (Å²) in [5, 5.41) is 62.7. The van der Waals surface area contributed by atoms with Gasteiger partial charge >= 0.3 is 0 Å². The van der Waals surface area contributed by atoms with E-state index in [9.17, 15) is 39.8 Å². The van der Waals surface area contributed by atoms with E-state index in [1.54, 1.807) is 6.92 Å². The number of alkyl halides is 1. The lowest BCUT2D eigenvalue weighted by molar-refractivity contribution is -0.303. The summed E-state index contributed by atoms with van der Waals surface area (Å²) >= 11 is 0. The maximum Gasteiger partial charge on any atom is 0.220 e. The molecule has 4 aliphatic rings. The minimum absolute atomic E-state index is 0.243. The lowest BCUT2D eigenvalue weighted by Crippen LogP contribution is -2.64. The molecule has 0 spiro atoms. The van der Waals surface area contributed by atoms with E-state index in [0.29, 0.717) is 11.8 Å². The Morgan fingerprint density at radius 2 is 1.56 bits per heavy atom. The zero-order valence-corrected chi connectivity index (χ0v) is 23.2. The second-order valence-electron chi connectivity index (χ2n) is 12.2. The predicted molar refractivity (Wildman–Crippen MR) is 140 cm³/mol. The topological polar surface area (TPSA) is 169 Å². The van der Waals surface area contributed by atoms with Gasteiger partial charge in [0.15, 0.2) is 6.29 Å². The summed E-state index contributed by atoms with van der Waals surface area (Å²) in [5.41, 5.74) is -0.443. The van der Waals surface area contributed by atoms with Gasteiger partial charge in [0, 0.05) is 6.42 Å². The first-order valence-corrected chi connectivity index (χ1v) is 14.8. The quantitative estimate of drug-likeness (QED) is 0.114. The number of unbranched alkanes of at least 4 members (excludes halogenated alkanes) is 7. The maximum atomic E-state index is 13.6. The molecule has 1 amide bonds. The third-order valence-electron chi connectivity index (χ3n) is 8.80. The number of hydrogen-bond acceptors (Lipinski definition) is 9. The molecule has 8 atom stereocenters. The highest BCUT2D eigenvalue weighted by Gasteiger charge is 2.68. The van der Waals surface area contributed by atoms with Crippen molar-refractivity contribution in [2.45, 2.75) is 151 Å². The summed E-state index contributed by atoms with van der Waals surface area (Å²) in [6.45, 7) is 0.746. The molecule has 3 saturated carbocycles. The molecule has 1 saturated heterocycles. The molecule has 0 aromatic carbocycles. The van der Waals surface area contributed by atoms with Gasteiger partial charge in [-0.2, -0.15) is 0 Å². The van der Waals surface area contributed by atoms with Crippen molar-refractivity contribution < 1.29 is 49.3 Å². The number of ether oxygens (including phenoxy) is 2. The molecule has 10 nitrogen and oxygen atoms in total. The molecule has 0 radical (unpaired) electrons. The highest BCUT2D eigenvalue weighted by molar-refractivity contribution is 5.76. The van der Waals surface area contributed by atoms with Crippen molar-refractivity contribution in [3.05, 3.63) is 0 Å². The third-order valence-corrected chi connectivity index (χ3v) is 8.80. The Morgan fingerprint density at radius 1 is 0.974 bits per heavy atom. The van der Waals surface area contributed by atoms with Crippen LogP contribution in [0.5, 0.6) is 0 Å². The zero-order valence-electron chi connectivity index (χ0n) is 23.2. The Hall–Kier alpha value is -0.920. The van der Waals surface area contributed by atoms with Crippen LogP contribution < -0.4 is 5.32 Å². The second kappa shape index (κ2) is 14.8. The average molecular weight is 564 g/mol. The molecule has 0 aromatic rings. The number of carbonyl (C=O) groups is 1. The zero-order chi connectivity index (χ0) is 28.6. The molecule has 228 valence electrons. The van der Waals surface area contributed by atoms with Gasteiger partial charge in [0.25, 0.3) is 0 Å². The van der Waals surface area contributed by atoms with Crippen LogP contribution >= 0.6 is 0 Å². The number of carbonyl (C=O) groups excluding carboxylic acids is 1. The SMILES string of the molecule is CC[C@@H](O)[C@@H](O)[C@H](COC1OC(CO)C(O)C(O)C1O)NC(=O)CCCCCCCCCCC12CC(F)(C1)C2. The highest BCUT2D eigenvalue weighted by Crippen LogP contribution is 2.71. The average Bonchev–Trinajstić information content (AvgIpc) is 2.88. The number of rotatable bonds is 19. The minimum atomic E-state index is -1.61.